The molecule has 1 nitrogen and oxygen atoms in total. The van der Waals surface area contributed by atoms with E-state index in [0.29, 0.717) is 0 Å². The SMILES string of the molecule is C#Cc1ccccc1CCC1=NCCCC1. The molecule has 0 aromatic heterocycles. The molecule has 0 aliphatic carbocycles. The van der Waals surface area contributed by atoms with Crippen LogP contribution in [0.1, 0.15) is 36.8 Å². The number of terminal acetylenes is 1. The first-order chi connectivity index (χ1) is 7.90. The van der Waals surface area contributed by atoms with E-state index in [1.165, 1.54) is 30.5 Å². The molecule has 0 radical (unpaired) electrons. The second-order valence-electron chi connectivity index (χ2n) is 4.21. The van der Waals surface area contributed by atoms with Gasteiger partial charge in [0.25, 0.3) is 0 Å². The molecule has 0 spiro atoms. The van der Waals surface area contributed by atoms with Crippen molar-refractivity contribution in [2.24, 2.45) is 4.99 Å². The van der Waals surface area contributed by atoms with Gasteiger partial charge in [0.2, 0.25) is 0 Å². The fourth-order valence-corrected chi connectivity index (χ4v) is 2.12. The highest BCUT2D eigenvalue weighted by Crippen LogP contribution is 2.14. The lowest BCUT2D eigenvalue weighted by molar-refractivity contribution is 0.723. The van der Waals surface area contributed by atoms with Gasteiger partial charge in [-0.15, -0.1) is 6.42 Å². The molecule has 1 aromatic carbocycles. The van der Waals surface area contributed by atoms with Gasteiger partial charge in [-0.2, -0.15) is 0 Å². The summed E-state index contributed by atoms with van der Waals surface area (Å²) in [5.41, 5.74) is 3.68. The lowest BCUT2D eigenvalue weighted by atomic mass is 9.98. The van der Waals surface area contributed by atoms with E-state index in [0.717, 1.165) is 24.9 Å². The standard InChI is InChI=1S/C15H17N/c1-2-13-7-3-4-8-14(13)10-11-15-9-5-6-12-16-15/h1,3-4,7-8H,5-6,9-12H2. The molecule has 0 fully saturated rings. The Bertz CT molecular complexity index is 423. The van der Waals surface area contributed by atoms with Gasteiger partial charge in [-0.3, -0.25) is 4.99 Å². The average Bonchev–Trinajstić information content (AvgIpc) is 2.38. The molecule has 1 aliphatic heterocycles. The maximum Gasteiger partial charge on any atom is 0.0388 e. The van der Waals surface area contributed by atoms with Crippen molar-refractivity contribution in [3.8, 4) is 12.3 Å². The molecular formula is C15H17N. The summed E-state index contributed by atoms with van der Waals surface area (Å²) in [5.74, 6) is 2.74. The molecule has 1 aliphatic rings. The molecule has 16 heavy (non-hydrogen) atoms. The number of benzene rings is 1. The zero-order valence-electron chi connectivity index (χ0n) is 9.58. The molecule has 0 unspecified atom stereocenters. The third kappa shape index (κ3) is 2.73. The maximum atomic E-state index is 5.48. The minimum absolute atomic E-state index is 1.02. The highest BCUT2D eigenvalue weighted by atomic mass is 14.7. The summed E-state index contributed by atoms with van der Waals surface area (Å²) in [7, 11) is 0. The molecule has 1 heterocycles. The zero-order valence-corrected chi connectivity index (χ0v) is 9.58. The van der Waals surface area contributed by atoms with Gasteiger partial charge in [-0.05, 0) is 43.7 Å². The van der Waals surface area contributed by atoms with Gasteiger partial charge in [-0.25, -0.2) is 0 Å². The number of aliphatic imine (C=N–C) groups is 1. The largest absolute Gasteiger partial charge is 0.294 e. The van der Waals surface area contributed by atoms with Gasteiger partial charge in [-0.1, -0.05) is 24.1 Å². The van der Waals surface area contributed by atoms with Crippen LogP contribution in [0.15, 0.2) is 29.3 Å². The van der Waals surface area contributed by atoms with Crippen LogP contribution in [-0.4, -0.2) is 12.3 Å². The summed E-state index contributed by atoms with van der Waals surface area (Å²) in [5, 5.41) is 0. The van der Waals surface area contributed by atoms with Crippen molar-refractivity contribution >= 4 is 5.71 Å². The van der Waals surface area contributed by atoms with Crippen LogP contribution in [0.2, 0.25) is 0 Å². The highest BCUT2D eigenvalue weighted by molar-refractivity contribution is 5.85. The third-order valence-electron chi connectivity index (χ3n) is 3.06. The van der Waals surface area contributed by atoms with E-state index >= 15 is 0 Å². The Morgan fingerprint density at radius 2 is 2.06 bits per heavy atom. The topological polar surface area (TPSA) is 12.4 Å². The van der Waals surface area contributed by atoms with E-state index in [4.69, 9.17) is 6.42 Å². The number of rotatable bonds is 3. The van der Waals surface area contributed by atoms with Crippen LogP contribution in [0.25, 0.3) is 0 Å². The highest BCUT2D eigenvalue weighted by Gasteiger charge is 2.06. The molecule has 0 amide bonds. The van der Waals surface area contributed by atoms with Gasteiger partial charge in [0.15, 0.2) is 0 Å². The van der Waals surface area contributed by atoms with Crippen molar-refractivity contribution in [3.05, 3.63) is 35.4 Å². The second-order valence-corrected chi connectivity index (χ2v) is 4.21. The van der Waals surface area contributed by atoms with Gasteiger partial charge in [0.05, 0.1) is 0 Å². The predicted octanol–water partition coefficient (Wildman–Crippen LogP) is 3.23. The van der Waals surface area contributed by atoms with Crippen LogP contribution in [-0.2, 0) is 6.42 Å². The monoisotopic (exact) mass is 211 g/mol. The number of aryl methyl sites for hydroxylation is 1. The smallest absolute Gasteiger partial charge is 0.0388 e. The summed E-state index contributed by atoms with van der Waals surface area (Å²) in [4.78, 5) is 4.57. The third-order valence-corrected chi connectivity index (χ3v) is 3.06. The second kappa shape index (κ2) is 5.51. The molecule has 1 heteroatoms. The molecule has 0 N–H and O–H groups in total. The minimum Gasteiger partial charge on any atom is -0.294 e. The van der Waals surface area contributed by atoms with E-state index in [9.17, 15) is 0 Å². The number of hydrogen-bond acceptors (Lipinski definition) is 1. The van der Waals surface area contributed by atoms with Gasteiger partial charge < -0.3 is 0 Å². The number of hydrogen-bond donors (Lipinski definition) is 0. The van der Waals surface area contributed by atoms with Gasteiger partial charge in [0.1, 0.15) is 0 Å². The Labute approximate surface area is 97.6 Å². The zero-order chi connectivity index (χ0) is 11.2. The normalized spacial score (nSPS) is 15.3. The molecule has 82 valence electrons. The Hall–Kier alpha value is -1.55. The van der Waals surface area contributed by atoms with Crippen molar-refractivity contribution < 1.29 is 0 Å². The summed E-state index contributed by atoms with van der Waals surface area (Å²) in [6, 6.07) is 8.19. The van der Waals surface area contributed by atoms with E-state index in [2.05, 4.69) is 23.0 Å². The van der Waals surface area contributed by atoms with E-state index in [1.54, 1.807) is 0 Å². The van der Waals surface area contributed by atoms with Crippen LogP contribution in [0.5, 0.6) is 0 Å². The minimum atomic E-state index is 1.02. The average molecular weight is 211 g/mol. The first kappa shape index (κ1) is 11.0. The van der Waals surface area contributed by atoms with E-state index in [-0.39, 0.29) is 0 Å². The summed E-state index contributed by atoms with van der Waals surface area (Å²) >= 11 is 0. The lowest BCUT2D eigenvalue weighted by Crippen LogP contribution is -2.07. The fourth-order valence-electron chi connectivity index (χ4n) is 2.12. The lowest BCUT2D eigenvalue weighted by Gasteiger charge is -2.12. The molecule has 2 rings (SSSR count). The van der Waals surface area contributed by atoms with Gasteiger partial charge in [0, 0.05) is 17.8 Å². The maximum absolute atomic E-state index is 5.48. The Balaban J connectivity index is 1.99. The first-order valence-electron chi connectivity index (χ1n) is 5.97. The summed E-state index contributed by atoms with van der Waals surface area (Å²) in [6.45, 7) is 1.02. The van der Waals surface area contributed by atoms with Crippen LogP contribution in [0, 0.1) is 12.3 Å². The van der Waals surface area contributed by atoms with Crippen molar-refractivity contribution in [2.45, 2.75) is 32.1 Å². The first-order valence-corrected chi connectivity index (χ1v) is 5.97. The Morgan fingerprint density at radius 1 is 1.19 bits per heavy atom. The van der Waals surface area contributed by atoms with Crippen molar-refractivity contribution in [1.82, 2.24) is 0 Å². The van der Waals surface area contributed by atoms with Crippen molar-refractivity contribution in [2.75, 3.05) is 6.54 Å². The molecular weight excluding hydrogens is 194 g/mol. The predicted molar refractivity (Wildman–Crippen MR) is 68.9 cm³/mol. The van der Waals surface area contributed by atoms with E-state index < -0.39 is 0 Å². The molecule has 0 atom stereocenters. The van der Waals surface area contributed by atoms with Gasteiger partial charge >= 0.3 is 0 Å². The number of nitrogens with zero attached hydrogens (tertiary/aromatic N) is 1. The molecule has 0 bridgehead atoms. The van der Waals surface area contributed by atoms with Crippen LogP contribution >= 0.6 is 0 Å². The molecule has 0 saturated heterocycles. The van der Waals surface area contributed by atoms with Crippen LogP contribution in [0.4, 0.5) is 0 Å². The Morgan fingerprint density at radius 3 is 2.81 bits per heavy atom. The van der Waals surface area contributed by atoms with E-state index in [1.807, 2.05) is 12.1 Å². The molecule has 1 aromatic rings. The van der Waals surface area contributed by atoms with Crippen LogP contribution in [0.3, 0.4) is 0 Å². The van der Waals surface area contributed by atoms with Crippen molar-refractivity contribution in [1.29, 1.82) is 0 Å². The van der Waals surface area contributed by atoms with Crippen LogP contribution < -0.4 is 0 Å². The quantitative estimate of drug-likeness (QED) is 0.681. The summed E-state index contributed by atoms with van der Waals surface area (Å²) in [6.07, 6.45) is 11.3. The fraction of sp³-hybridized carbons (Fsp3) is 0.400. The Kier molecular flexibility index (Phi) is 3.77. The van der Waals surface area contributed by atoms with Crippen molar-refractivity contribution in [3.63, 3.8) is 0 Å². The molecule has 0 saturated carbocycles. The summed E-state index contributed by atoms with van der Waals surface area (Å²) < 4.78 is 0.